The van der Waals surface area contributed by atoms with Crippen molar-refractivity contribution >= 4 is 18.0 Å². The number of carbonyl (C=O) groups excluding carboxylic acids is 2. The van der Waals surface area contributed by atoms with Crippen LogP contribution >= 0.6 is 0 Å². The Labute approximate surface area is 223 Å². The predicted molar refractivity (Wildman–Crippen MR) is 139 cm³/mol. The number of hydrogen-bond acceptors (Lipinski definition) is 6. The first-order chi connectivity index (χ1) is 17.6. The highest BCUT2D eigenvalue weighted by Gasteiger charge is 2.58. The Morgan fingerprint density at radius 1 is 1.00 bits per heavy atom. The van der Waals surface area contributed by atoms with E-state index < -0.39 is 47.2 Å². The first kappa shape index (κ1) is 30.3. The molecule has 2 atom stereocenters. The number of carbonyl (C=O) groups is 3. The first-order valence-corrected chi connectivity index (χ1v) is 12.2. The molecule has 0 saturated carbocycles. The molecule has 9 heteroatoms. The second-order valence-electron chi connectivity index (χ2n) is 10.8. The lowest BCUT2D eigenvalue weighted by molar-refractivity contribution is -0.171. The van der Waals surface area contributed by atoms with Gasteiger partial charge in [-0.15, -0.1) is 0 Å². The van der Waals surface area contributed by atoms with E-state index >= 15 is 4.39 Å². The summed E-state index contributed by atoms with van der Waals surface area (Å²) in [6.45, 7) is 7.06. The summed E-state index contributed by atoms with van der Waals surface area (Å²) in [6.07, 6.45) is -1.94. The van der Waals surface area contributed by atoms with E-state index in [2.05, 4.69) is 0 Å². The monoisotopic (exact) mass is 526 g/mol. The molecule has 0 fully saturated rings. The van der Waals surface area contributed by atoms with Crippen LogP contribution in [0.2, 0.25) is 0 Å². The van der Waals surface area contributed by atoms with Crippen molar-refractivity contribution in [1.82, 2.24) is 4.90 Å². The van der Waals surface area contributed by atoms with Crippen molar-refractivity contribution in [3.05, 3.63) is 71.3 Å². The number of nitrogens with zero attached hydrogens (tertiary/aromatic N) is 2. The maximum Gasteiger partial charge on any atom is 0.411 e. The van der Waals surface area contributed by atoms with E-state index in [1.165, 1.54) is 33.0 Å². The molecule has 0 aliphatic heterocycles. The van der Waals surface area contributed by atoms with Gasteiger partial charge in [-0.3, -0.25) is 9.69 Å². The number of ether oxygens (including phenoxy) is 2. The molecular weight excluding hydrogens is 491 g/mol. The Kier molecular flexibility index (Phi) is 9.63. The summed E-state index contributed by atoms with van der Waals surface area (Å²) in [5, 5.41) is 19.7. The van der Waals surface area contributed by atoms with Crippen LogP contribution in [0.25, 0.3) is 0 Å². The number of esters is 1. The summed E-state index contributed by atoms with van der Waals surface area (Å²) < 4.78 is 26.3. The predicted octanol–water partition coefficient (Wildman–Crippen LogP) is 5.29. The number of aliphatic carboxylic acids is 1. The minimum absolute atomic E-state index is 0.144. The van der Waals surface area contributed by atoms with E-state index in [9.17, 15) is 19.5 Å². The van der Waals surface area contributed by atoms with Crippen molar-refractivity contribution < 1.29 is 33.4 Å². The highest BCUT2D eigenvalue weighted by atomic mass is 19.1. The van der Waals surface area contributed by atoms with Gasteiger partial charge >= 0.3 is 18.0 Å². The fraction of sp³-hybridized carbons (Fsp3) is 0.448. The largest absolute Gasteiger partial charge is 0.479 e. The van der Waals surface area contributed by atoms with Gasteiger partial charge in [0.15, 0.2) is 5.54 Å². The van der Waals surface area contributed by atoms with Crippen molar-refractivity contribution in [3.8, 4) is 6.07 Å². The minimum atomic E-state index is -2.37. The van der Waals surface area contributed by atoms with Gasteiger partial charge in [0.2, 0.25) is 0 Å². The summed E-state index contributed by atoms with van der Waals surface area (Å²) in [6, 6.07) is 17.0. The summed E-state index contributed by atoms with van der Waals surface area (Å²) in [5.41, 5.74) is -3.90. The normalized spacial score (nSPS) is 13.9. The lowest BCUT2D eigenvalue weighted by Gasteiger charge is -2.44. The number of carboxylic acids is 1. The van der Waals surface area contributed by atoms with Gasteiger partial charge in [-0.1, -0.05) is 42.5 Å². The van der Waals surface area contributed by atoms with Crippen LogP contribution in [-0.4, -0.2) is 51.9 Å². The molecule has 2 aromatic carbocycles. The number of amides is 1. The molecule has 204 valence electrons. The van der Waals surface area contributed by atoms with Crippen LogP contribution in [0.15, 0.2) is 54.6 Å². The number of benzene rings is 2. The number of nitriles is 1. The molecular formula is C29H35FN2O6. The van der Waals surface area contributed by atoms with Crippen molar-refractivity contribution in [3.63, 3.8) is 0 Å². The lowest BCUT2D eigenvalue weighted by atomic mass is 9.73. The maximum absolute atomic E-state index is 15.3. The first-order valence-electron chi connectivity index (χ1n) is 12.2. The van der Waals surface area contributed by atoms with Crippen LogP contribution < -0.4 is 0 Å². The van der Waals surface area contributed by atoms with Gasteiger partial charge in [0.05, 0.1) is 17.6 Å². The maximum atomic E-state index is 15.3. The minimum Gasteiger partial charge on any atom is -0.479 e. The van der Waals surface area contributed by atoms with E-state index in [1.54, 1.807) is 63.2 Å². The van der Waals surface area contributed by atoms with Crippen LogP contribution in [0.1, 0.15) is 57.7 Å². The van der Waals surface area contributed by atoms with Crippen LogP contribution in [0.3, 0.4) is 0 Å². The summed E-state index contributed by atoms with van der Waals surface area (Å²) in [5.74, 6) is -4.02. The van der Waals surface area contributed by atoms with E-state index in [-0.39, 0.29) is 13.0 Å². The third-order valence-electron chi connectivity index (χ3n) is 5.93. The second-order valence-corrected chi connectivity index (χ2v) is 10.8. The molecule has 1 N–H and O–H groups in total. The number of carboxylic acid groups (broad SMARTS) is 1. The molecule has 1 amide bonds. The molecule has 2 rings (SSSR count). The number of likely N-dealkylation sites (N-methyl/N-ethyl adjacent to an activating group) is 1. The number of halogens is 1. The third kappa shape index (κ3) is 8.04. The highest BCUT2D eigenvalue weighted by Crippen LogP contribution is 2.39. The SMILES string of the molecule is CN(C(=O)OC(C)(C)C)[C@](CC(C)(C)F)(C(=O)O)[C@@H](Cc1ccc(C#N)cc1)C(=O)OCc1ccccc1. The quantitative estimate of drug-likeness (QED) is 0.418. The van der Waals surface area contributed by atoms with E-state index in [1.807, 2.05) is 6.07 Å². The molecule has 0 aliphatic carbocycles. The lowest BCUT2D eigenvalue weighted by Crippen LogP contribution is -2.65. The highest BCUT2D eigenvalue weighted by molar-refractivity contribution is 5.91. The van der Waals surface area contributed by atoms with Crippen molar-refractivity contribution in [2.24, 2.45) is 5.92 Å². The Hall–Kier alpha value is -3.93. The molecule has 2 aromatic rings. The fourth-order valence-electron chi connectivity index (χ4n) is 4.21. The summed E-state index contributed by atoms with van der Waals surface area (Å²) in [4.78, 5) is 40.7. The van der Waals surface area contributed by atoms with E-state index in [4.69, 9.17) is 14.7 Å². The van der Waals surface area contributed by atoms with Crippen LogP contribution in [0.5, 0.6) is 0 Å². The summed E-state index contributed by atoms with van der Waals surface area (Å²) in [7, 11) is 1.18. The Morgan fingerprint density at radius 3 is 2.05 bits per heavy atom. The molecule has 8 nitrogen and oxygen atoms in total. The molecule has 0 aliphatic rings. The van der Waals surface area contributed by atoms with Gasteiger partial charge in [-0.25, -0.2) is 14.0 Å². The number of alkyl halides is 1. The zero-order valence-corrected chi connectivity index (χ0v) is 22.7. The van der Waals surface area contributed by atoms with E-state index in [0.717, 1.165) is 4.90 Å². The Balaban J connectivity index is 2.65. The van der Waals surface area contributed by atoms with Crippen LogP contribution in [0, 0.1) is 17.2 Å². The van der Waals surface area contributed by atoms with Gasteiger partial charge in [0.1, 0.15) is 17.9 Å². The smallest absolute Gasteiger partial charge is 0.411 e. The van der Waals surface area contributed by atoms with E-state index in [0.29, 0.717) is 16.7 Å². The molecule has 0 aromatic heterocycles. The average molecular weight is 527 g/mol. The number of hydrogen-bond donors (Lipinski definition) is 1. The van der Waals surface area contributed by atoms with Crippen molar-refractivity contribution in [2.45, 2.75) is 70.9 Å². The van der Waals surface area contributed by atoms with Gasteiger partial charge in [0.25, 0.3) is 0 Å². The molecule has 0 radical (unpaired) electrons. The Morgan fingerprint density at radius 2 is 1.58 bits per heavy atom. The average Bonchev–Trinajstić information content (AvgIpc) is 2.83. The van der Waals surface area contributed by atoms with Gasteiger partial charge in [0, 0.05) is 13.5 Å². The molecule has 38 heavy (non-hydrogen) atoms. The molecule has 0 spiro atoms. The van der Waals surface area contributed by atoms with Crippen LogP contribution in [0.4, 0.5) is 9.18 Å². The zero-order valence-electron chi connectivity index (χ0n) is 22.7. The van der Waals surface area contributed by atoms with Crippen molar-refractivity contribution in [2.75, 3.05) is 7.05 Å². The Bertz CT molecular complexity index is 1160. The number of rotatable bonds is 10. The molecule has 0 bridgehead atoms. The molecule has 0 unspecified atom stereocenters. The van der Waals surface area contributed by atoms with Gasteiger partial charge in [-0.05, 0) is 64.3 Å². The third-order valence-corrected chi connectivity index (χ3v) is 5.93. The fourth-order valence-corrected chi connectivity index (χ4v) is 4.21. The zero-order chi connectivity index (χ0) is 28.7. The van der Waals surface area contributed by atoms with Gasteiger partial charge < -0.3 is 14.6 Å². The standard InChI is InChI=1S/C29H35FN2O6/c1-27(2,3)38-26(36)32(6)29(25(34)35,19-28(4,5)30)23(16-20-12-14-21(17-31)15-13-20)24(33)37-18-22-10-8-7-9-11-22/h7-15,23H,16,18-19H2,1-6H3,(H,34,35)/t23-,29-/m0/s1. The van der Waals surface area contributed by atoms with Crippen molar-refractivity contribution in [1.29, 1.82) is 5.26 Å². The van der Waals surface area contributed by atoms with Crippen LogP contribution in [-0.2, 0) is 32.1 Å². The molecule has 0 heterocycles. The van der Waals surface area contributed by atoms with Gasteiger partial charge in [-0.2, -0.15) is 5.26 Å². The summed E-state index contributed by atoms with van der Waals surface area (Å²) >= 11 is 0. The topological polar surface area (TPSA) is 117 Å². The molecule has 0 saturated heterocycles. The second kappa shape index (κ2) is 12.1.